The molecule has 202 valence electrons. The quantitative estimate of drug-likeness (QED) is 0.523. The highest BCUT2D eigenvalue weighted by Crippen LogP contribution is 2.35. The van der Waals surface area contributed by atoms with E-state index in [0.717, 1.165) is 32.0 Å². The number of rotatable bonds is 4. The average molecular weight is 551 g/mol. The summed E-state index contributed by atoms with van der Waals surface area (Å²) in [6, 6.07) is 8.90. The highest BCUT2D eigenvalue weighted by atomic mass is 35.5. The van der Waals surface area contributed by atoms with Crippen LogP contribution in [-0.4, -0.2) is 87.4 Å². The fourth-order valence-corrected chi connectivity index (χ4v) is 5.28. The molecule has 0 aliphatic carbocycles. The Kier molecular flexibility index (Phi) is 7.44. The number of nitrogens with one attached hydrogen (secondary N) is 1. The molecule has 3 heterocycles. The lowest BCUT2D eigenvalue weighted by molar-refractivity contribution is -0.137. The Bertz CT molecular complexity index is 1320. The van der Waals surface area contributed by atoms with Crippen molar-refractivity contribution < 1.29 is 27.5 Å². The zero-order valence-corrected chi connectivity index (χ0v) is 21.1. The fraction of sp³-hybridized carbons (Fsp3) is 0.440. The van der Waals surface area contributed by atoms with Crippen molar-refractivity contribution in [1.82, 2.24) is 30.1 Å². The number of aromatic nitrogens is 3. The number of hydrogen-bond acceptors (Lipinski definition) is 6. The Morgan fingerprint density at radius 1 is 0.947 bits per heavy atom. The van der Waals surface area contributed by atoms with Crippen LogP contribution in [0.4, 0.5) is 18.0 Å². The van der Waals surface area contributed by atoms with Crippen LogP contribution in [0.1, 0.15) is 34.3 Å². The summed E-state index contributed by atoms with van der Waals surface area (Å²) in [5, 5.41) is 10.2. The van der Waals surface area contributed by atoms with Crippen LogP contribution >= 0.6 is 11.6 Å². The Labute approximate surface area is 221 Å². The third-order valence-corrected chi connectivity index (χ3v) is 7.42. The number of amides is 2. The Hall–Kier alpha value is -3.38. The number of fused-ring (bicyclic) bond motifs is 1. The van der Waals surface area contributed by atoms with Crippen molar-refractivity contribution in [2.75, 3.05) is 39.3 Å². The van der Waals surface area contributed by atoms with Crippen molar-refractivity contribution in [2.24, 2.45) is 0 Å². The molecule has 2 amide bonds. The molecular formula is C25H26ClF3N6O3. The van der Waals surface area contributed by atoms with Crippen molar-refractivity contribution in [3.8, 4) is 0 Å². The minimum absolute atomic E-state index is 0.0264. The van der Waals surface area contributed by atoms with E-state index < -0.39 is 22.9 Å². The third kappa shape index (κ3) is 5.70. The topological polar surface area (TPSA) is 94.7 Å². The summed E-state index contributed by atoms with van der Waals surface area (Å²) < 4.78 is 43.9. The molecule has 2 aliphatic heterocycles. The second kappa shape index (κ2) is 10.8. The largest absolute Gasteiger partial charge is 0.445 e. The van der Waals surface area contributed by atoms with E-state index in [1.807, 2.05) is 4.90 Å². The number of ether oxygens (including phenoxy) is 1. The number of alkyl halides is 3. The number of halogens is 4. The van der Waals surface area contributed by atoms with Crippen LogP contribution in [-0.2, 0) is 17.5 Å². The van der Waals surface area contributed by atoms with E-state index in [2.05, 4.69) is 20.3 Å². The maximum atomic E-state index is 12.9. The Morgan fingerprint density at radius 2 is 1.66 bits per heavy atom. The van der Waals surface area contributed by atoms with Gasteiger partial charge in [0, 0.05) is 50.9 Å². The van der Waals surface area contributed by atoms with E-state index in [1.54, 1.807) is 23.1 Å². The van der Waals surface area contributed by atoms with Gasteiger partial charge in [-0.05, 0) is 48.7 Å². The first-order valence-corrected chi connectivity index (χ1v) is 12.7. The molecular weight excluding hydrogens is 525 g/mol. The molecule has 13 heteroatoms. The third-order valence-electron chi connectivity index (χ3n) is 7.11. The molecule has 1 aromatic heterocycles. The summed E-state index contributed by atoms with van der Waals surface area (Å²) in [6.07, 6.45) is -3.49. The lowest BCUT2D eigenvalue weighted by Gasteiger charge is -2.42. The summed E-state index contributed by atoms with van der Waals surface area (Å²) >= 11 is 5.74. The normalized spacial score (nSPS) is 17.7. The first kappa shape index (κ1) is 26.2. The highest BCUT2D eigenvalue weighted by Gasteiger charge is 2.33. The van der Waals surface area contributed by atoms with Crippen LogP contribution < -0.4 is 0 Å². The number of piperazine rings is 1. The molecule has 9 nitrogen and oxygen atoms in total. The second-order valence-corrected chi connectivity index (χ2v) is 9.85. The predicted octanol–water partition coefficient (Wildman–Crippen LogP) is 4.19. The van der Waals surface area contributed by atoms with Crippen molar-refractivity contribution in [3.05, 3.63) is 58.1 Å². The second-order valence-electron chi connectivity index (χ2n) is 9.44. The zero-order valence-electron chi connectivity index (χ0n) is 20.4. The van der Waals surface area contributed by atoms with E-state index in [-0.39, 0.29) is 12.5 Å². The average Bonchev–Trinajstić information content (AvgIpc) is 3.39. The van der Waals surface area contributed by atoms with E-state index in [0.29, 0.717) is 54.4 Å². The van der Waals surface area contributed by atoms with Gasteiger partial charge in [0.15, 0.2) is 0 Å². The smallest absolute Gasteiger partial charge is 0.417 e. The minimum Gasteiger partial charge on any atom is -0.445 e. The van der Waals surface area contributed by atoms with Crippen LogP contribution in [0.3, 0.4) is 0 Å². The number of piperidine rings is 1. The number of likely N-dealkylation sites (tertiary alicyclic amines) is 1. The van der Waals surface area contributed by atoms with E-state index >= 15 is 0 Å². The summed E-state index contributed by atoms with van der Waals surface area (Å²) in [4.78, 5) is 31.3. The van der Waals surface area contributed by atoms with Crippen molar-refractivity contribution in [2.45, 2.75) is 31.7 Å². The van der Waals surface area contributed by atoms with Crippen LogP contribution in [0, 0.1) is 0 Å². The molecule has 0 atom stereocenters. The number of carbonyl (C=O) groups excluding carboxylic acids is 2. The van der Waals surface area contributed by atoms with E-state index in [9.17, 15) is 22.8 Å². The van der Waals surface area contributed by atoms with Gasteiger partial charge in [-0.25, -0.2) is 4.79 Å². The standard InChI is InChI=1S/C25H26ClF3N6O3/c26-20-13-16(1-3-19(20)25(27,28)29)15-38-24(37)35-7-5-18(6-8-35)33-9-11-34(12-10-33)23(36)17-2-4-21-22(14-17)31-32-30-21/h1-4,13-14,18H,5-12,15H2,(H,30,31,32). The maximum Gasteiger partial charge on any atom is 0.417 e. The lowest BCUT2D eigenvalue weighted by Crippen LogP contribution is -2.54. The van der Waals surface area contributed by atoms with Gasteiger partial charge < -0.3 is 14.5 Å². The molecule has 38 heavy (non-hydrogen) atoms. The molecule has 2 fully saturated rings. The lowest BCUT2D eigenvalue weighted by atomic mass is 10.0. The number of H-pyrrole nitrogens is 1. The van der Waals surface area contributed by atoms with Crippen LogP contribution in [0.25, 0.3) is 11.0 Å². The van der Waals surface area contributed by atoms with Gasteiger partial charge in [0.25, 0.3) is 5.91 Å². The summed E-state index contributed by atoms with van der Waals surface area (Å²) in [7, 11) is 0. The minimum atomic E-state index is -4.54. The molecule has 0 radical (unpaired) electrons. The van der Waals surface area contributed by atoms with Gasteiger partial charge in [-0.2, -0.15) is 28.6 Å². The van der Waals surface area contributed by atoms with Gasteiger partial charge in [0.2, 0.25) is 0 Å². The molecule has 0 bridgehead atoms. The molecule has 2 aliphatic rings. The maximum absolute atomic E-state index is 12.9. The molecule has 3 aromatic rings. The van der Waals surface area contributed by atoms with Crippen molar-refractivity contribution in [3.63, 3.8) is 0 Å². The molecule has 5 rings (SSSR count). The van der Waals surface area contributed by atoms with Gasteiger partial charge in [0.05, 0.1) is 10.6 Å². The predicted molar refractivity (Wildman–Crippen MR) is 133 cm³/mol. The van der Waals surface area contributed by atoms with Gasteiger partial charge in [-0.15, -0.1) is 0 Å². The van der Waals surface area contributed by atoms with Crippen molar-refractivity contribution >= 4 is 34.6 Å². The molecule has 0 saturated carbocycles. The van der Waals surface area contributed by atoms with Gasteiger partial charge >= 0.3 is 12.3 Å². The number of benzene rings is 2. The Morgan fingerprint density at radius 3 is 2.34 bits per heavy atom. The van der Waals surface area contributed by atoms with Gasteiger partial charge in [0.1, 0.15) is 17.6 Å². The van der Waals surface area contributed by atoms with E-state index in [1.165, 1.54) is 12.1 Å². The Balaban J connectivity index is 1.06. The zero-order chi connectivity index (χ0) is 26.9. The number of aromatic amines is 1. The summed E-state index contributed by atoms with van der Waals surface area (Å²) in [6.45, 7) is 3.63. The molecule has 1 N–H and O–H groups in total. The SMILES string of the molecule is O=C(OCc1ccc(C(F)(F)F)c(Cl)c1)N1CCC(N2CCN(C(=O)c3ccc4n[nH]nc4c3)CC2)CC1. The van der Waals surface area contributed by atoms with Crippen LogP contribution in [0.5, 0.6) is 0 Å². The molecule has 0 spiro atoms. The number of hydrogen-bond donors (Lipinski definition) is 1. The van der Waals surface area contributed by atoms with E-state index in [4.69, 9.17) is 16.3 Å². The number of nitrogens with zero attached hydrogens (tertiary/aromatic N) is 5. The fourth-order valence-electron chi connectivity index (χ4n) is 4.97. The van der Waals surface area contributed by atoms with Gasteiger partial charge in [-0.3, -0.25) is 9.69 Å². The molecule has 0 unspecified atom stereocenters. The highest BCUT2D eigenvalue weighted by molar-refractivity contribution is 6.31. The number of carbonyl (C=O) groups is 2. The van der Waals surface area contributed by atoms with Crippen LogP contribution in [0.15, 0.2) is 36.4 Å². The van der Waals surface area contributed by atoms with Gasteiger partial charge in [-0.1, -0.05) is 17.7 Å². The van der Waals surface area contributed by atoms with Crippen LogP contribution in [0.2, 0.25) is 5.02 Å². The monoisotopic (exact) mass is 550 g/mol. The first-order valence-electron chi connectivity index (χ1n) is 12.3. The summed E-state index contributed by atoms with van der Waals surface area (Å²) in [5.74, 6) is -0.0264. The van der Waals surface area contributed by atoms with Crippen molar-refractivity contribution in [1.29, 1.82) is 0 Å². The molecule has 2 aromatic carbocycles. The molecule has 2 saturated heterocycles. The first-order chi connectivity index (χ1) is 18.2. The summed E-state index contributed by atoms with van der Waals surface area (Å²) in [5.41, 5.74) is 1.42.